The first-order valence-corrected chi connectivity index (χ1v) is 8.66. The zero-order chi connectivity index (χ0) is 18.6. The summed E-state index contributed by atoms with van der Waals surface area (Å²) in [7, 11) is 0. The van der Waals surface area contributed by atoms with Crippen LogP contribution in [-0.2, 0) is 0 Å². The number of aryl methyl sites for hydroxylation is 1. The second-order valence-corrected chi connectivity index (χ2v) is 6.21. The Morgan fingerprint density at radius 3 is 2.07 bits per heavy atom. The first-order chi connectivity index (χ1) is 13.2. The van der Waals surface area contributed by atoms with Crippen LogP contribution in [0.3, 0.4) is 0 Å². The highest BCUT2D eigenvalue weighted by atomic mass is 16.1. The van der Waals surface area contributed by atoms with E-state index in [2.05, 4.69) is 15.3 Å². The highest BCUT2D eigenvalue weighted by Gasteiger charge is 2.16. The second kappa shape index (κ2) is 7.25. The average Bonchev–Trinajstić information content (AvgIpc) is 3.05. The van der Waals surface area contributed by atoms with Gasteiger partial charge in [-0.15, -0.1) is 5.11 Å². The Morgan fingerprint density at radius 1 is 0.778 bits per heavy atom. The van der Waals surface area contributed by atoms with Crippen LogP contribution in [0.1, 0.15) is 5.56 Å². The SMILES string of the molecule is Cc1ccc(-c2[nH]n(-c3ccccc3)c(=O)c2N=Nc2ccccc2)cc1. The van der Waals surface area contributed by atoms with Crippen LogP contribution in [0.5, 0.6) is 0 Å². The van der Waals surface area contributed by atoms with Crippen molar-refractivity contribution in [3.05, 3.63) is 101 Å². The van der Waals surface area contributed by atoms with E-state index in [9.17, 15) is 4.79 Å². The Morgan fingerprint density at radius 2 is 1.41 bits per heavy atom. The van der Waals surface area contributed by atoms with E-state index in [1.165, 1.54) is 4.68 Å². The quantitative estimate of drug-likeness (QED) is 0.479. The fraction of sp³-hybridized carbons (Fsp3) is 0.0455. The van der Waals surface area contributed by atoms with E-state index in [4.69, 9.17) is 0 Å². The van der Waals surface area contributed by atoms with Crippen LogP contribution in [0, 0.1) is 6.92 Å². The van der Waals surface area contributed by atoms with Crippen LogP contribution in [-0.4, -0.2) is 9.78 Å². The summed E-state index contributed by atoms with van der Waals surface area (Å²) >= 11 is 0. The van der Waals surface area contributed by atoms with Gasteiger partial charge in [0.15, 0.2) is 5.69 Å². The largest absolute Gasteiger partial charge is 0.299 e. The van der Waals surface area contributed by atoms with E-state index in [1.807, 2.05) is 91.9 Å². The molecule has 4 rings (SSSR count). The highest BCUT2D eigenvalue weighted by molar-refractivity contribution is 5.72. The van der Waals surface area contributed by atoms with Gasteiger partial charge < -0.3 is 0 Å². The Labute approximate surface area is 156 Å². The van der Waals surface area contributed by atoms with Gasteiger partial charge in [0.1, 0.15) is 0 Å². The maximum absolute atomic E-state index is 13.0. The number of para-hydroxylation sites is 1. The Kier molecular flexibility index (Phi) is 4.49. The summed E-state index contributed by atoms with van der Waals surface area (Å²) in [6.07, 6.45) is 0. The van der Waals surface area contributed by atoms with E-state index < -0.39 is 0 Å². The van der Waals surface area contributed by atoms with Crippen molar-refractivity contribution >= 4 is 11.4 Å². The predicted octanol–water partition coefficient (Wildman–Crippen LogP) is 5.56. The summed E-state index contributed by atoms with van der Waals surface area (Å²) in [4.78, 5) is 13.0. The van der Waals surface area contributed by atoms with Gasteiger partial charge in [0.2, 0.25) is 0 Å². The number of aromatic amines is 1. The fourth-order valence-corrected chi connectivity index (χ4v) is 2.80. The third-order valence-electron chi connectivity index (χ3n) is 4.24. The predicted molar refractivity (Wildman–Crippen MR) is 107 cm³/mol. The number of nitrogens with one attached hydrogen (secondary N) is 1. The lowest BCUT2D eigenvalue weighted by atomic mass is 10.1. The van der Waals surface area contributed by atoms with Crippen LogP contribution >= 0.6 is 0 Å². The van der Waals surface area contributed by atoms with Gasteiger partial charge in [-0.3, -0.25) is 9.89 Å². The van der Waals surface area contributed by atoms with Crippen molar-refractivity contribution in [1.82, 2.24) is 9.78 Å². The molecule has 0 aliphatic heterocycles. The molecule has 4 aromatic rings. The average molecular weight is 354 g/mol. The van der Waals surface area contributed by atoms with Crippen molar-refractivity contribution in [3.8, 4) is 16.9 Å². The molecule has 0 bridgehead atoms. The molecule has 0 saturated carbocycles. The van der Waals surface area contributed by atoms with Gasteiger partial charge in [0.05, 0.1) is 17.1 Å². The fourth-order valence-electron chi connectivity index (χ4n) is 2.80. The van der Waals surface area contributed by atoms with Crippen molar-refractivity contribution in [2.75, 3.05) is 0 Å². The molecule has 27 heavy (non-hydrogen) atoms. The molecule has 0 fully saturated rings. The van der Waals surface area contributed by atoms with Crippen molar-refractivity contribution in [1.29, 1.82) is 0 Å². The number of aromatic nitrogens is 2. The lowest BCUT2D eigenvalue weighted by Crippen LogP contribution is -2.13. The van der Waals surface area contributed by atoms with E-state index in [-0.39, 0.29) is 11.2 Å². The number of nitrogens with zero attached hydrogens (tertiary/aromatic N) is 3. The molecule has 0 aliphatic rings. The minimum atomic E-state index is -0.239. The lowest BCUT2D eigenvalue weighted by molar-refractivity contribution is 0.852. The molecular weight excluding hydrogens is 336 g/mol. The summed E-state index contributed by atoms with van der Waals surface area (Å²) in [6, 6.07) is 26.7. The molecule has 0 radical (unpaired) electrons. The van der Waals surface area contributed by atoms with Crippen LogP contribution < -0.4 is 5.56 Å². The van der Waals surface area contributed by atoms with Crippen LogP contribution in [0.4, 0.5) is 11.4 Å². The summed E-state index contributed by atoms with van der Waals surface area (Å²) < 4.78 is 1.49. The first kappa shape index (κ1) is 16.7. The highest BCUT2D eigenvalue weighted by Crippen LogP contribution is 2.28. The van der Waals surface area contributed by atoms with Crippen molar-refractivity contribution in [3.63, 3.8) is 0 Å². The number of azo groups is 1. The van der Waals surface area contributed by atoms with Crippen molar-refractivity contribution in [2.24, 2.45) is 10.2 Å². The monoisotopic (exact) mass is 354 g/mol. The van der Waals surface area contributed by atoms with Crippen LogP contribution in [0.15, 0.2) is 100.0 Å². The number of H-pyrrole nitrogens is 1. The maximum atomic E-state index is 13.0. The number of benzene rings is 3. The van der Waals surface area contributed by atoms with Crippen molar-refractivity contribution in [2.45, 2.75) is 6.92 Å². The van der Waals surface area contributed by atoms with Gasteiger partial charge in [-0.05, 0) is 31.2 Å². The number of hydrogen-bond acceptors (Lipinski definition) is 3. The van der Waals surface area contributed by atoms with E-state index in [1.54, 1.807) is 0 Å². The molecule has 0 unspecified atom stereocenters. The molecule has 0 spiro atoms. The van der Waals surface area contributed by atoms with Crippen LogP contribution in [0.2, 0.25) is 0 Å². The van der Waals surface area contributed by atoms with Gasteiger partial charge in [-0.2, -0.15) is 5.11 Å². The van der Waals surface area contributed by atoms with Gasteiger partial charge >= 0.3 is 0 Å². The second-order valence-electron chi connectivity index (χ2n) is 6.21. The Balaban J connectivity index is 1.87. The molecule has 1 aromatic heterocycles. The third kappa shape index (κ3) is 3.48. The Hall–Kier alpha value is -3.73. The summed E-state index contributed by atoms with van der Waals surface area (Å²) in [6.45, 7) is 2.03. The standard InChI is InChI=1S/C22H18N4O/c1-16-12-14-17(15-13-16)20-21(24-23-18-8-4-2-5-9-18)22(27)26(25-20)19-10-6-3-7-11-19/h2-15,25H,1H3. The molecule has 0 aliphatic carbocycles. The molecule has 0 atom stereocenters. The molecule has 5 nitrogen and oxygen atoms in total. The zero-order valence-corrected chi connectivity index (χ0v) is 14.8. The molecule has 1 heterocycles. The van der Waals surface area contributed by atoms with Crippen molar-refractivity contribution < 1.29 is 0 Å². The van der Waals surface area contributed by atoms with E-state index in [0.29, 0.717) is 11.4 Å². The van der Waals surface area contributed by atoms with Gasteiger partial charge in [0, 0.05) is 5.56 Å². The van der Waals surface area contributed by atoms with Gasteiger partial charge in [-0.1, -0.05) is 66.2 Å². The molecule has 5 heteroatoms. The van der Waals surface area contributed by atoms with Crippen LogP contribution in [0.25, 0.3) is 16.9 Å². The number of hydrogen-bond donors (Lipinski definition) is 1. The minimum absolute atomic E-state index is 0.239. The normalized spacial score (nSPS) is 11.1. The van der Waals surface area contributed by atoms with Gasteiger partial charge in [0.25, 0.3) is 5.56 Å². The summed E-state index contributed by atoms with van der Waals surface area (Å²) in [5, 5.41) is 11.7. The smallest absolute Gasteiger partial charge is 0.288 e. The lowest BCUT2D eigenvalue weighted by Gasteiger charge is -2.02. The van der Waals surface area contributed by atoms with Gasteiger partial charge in [-0.25, -0.2) is 4.68 Å². The zero-order valence-electron chi connectivity index (χ0n) is 14.8. The number of rotatable bonds is 4. The first-order valence-electron chi connectivity index (χ1n) is 8.66. The van der Waals surface area contributed by atoms with E-state index in [0.717, 1.165) is 16.8 Å². The molecule has 3 aromatic carbocycles. The topological polar surface area (TPSA) is 62.5 Å². The maximum Gasteiger partial charge on any atom is 0.299 e. The molecule has 1 N–H and O–H groups in total. The third-order valence-corrected chi connectivity index (χ3v) is 4.24. The summed E-state index contributed by atoms with van der Waals surface area (Å²) in [5.74, 6) is 0. The summed E-state index contributed by atoms with van der Waals surface area (Å²) in [5.41, 5.74) is 4.16. The molecular formula is C22H18N4O. The molecule has 132 valence electrons. The minimum Gasteiger partial charge on any atom is -0.288 e. The molecule has 0 amide bonds. The Bertz CT molecular complexity index is 1120. The van der Waals surface area contributed by atoms with E-state index >= 15 is 0 Å². The molecule has 0 saturated heterocycles.